The highest BCUT2D eigenvalue weighted by molar-refractivity contribution is 5.76. The van der Waals surface area contributed by atoms with Gasteiger partial charge in [0.25, 0.3) is 0 Å². The van der Waals surface area contributed by atoms with Crippen LogP contribution in [0.4, 0.5) is 0 Å². The van der Waals surface area contributed by atoms with Gasteiger partial charge < -0.3 is 20.4 Å². The molecule has 0 heterocycles. The Morgan fingerprint density at radius 2 is 1.60 bits per heavy atom. The molecule has 4 N–H and O–H groups in total. The molecule has 5 aliphatic carbocycles. The fourth-order valence-electron chi connectivity index (χ4n) is 10.8. The molecular formula is C30H48O5. The third kappa shape index (κ3) is 2.74. The van der Waals surface area contributed by atoms with E-state index in [1.165, 1.54) is 5.57 Å². The van der Waals surface area contributed by atoms with Crippen LogP contribution < -0.4 is 0 Å². The average Bonchev–Trinajstić information content (AvgIpc) is 2.78. The summed E-state index contributed by atoms with van der Waals surface area (Å²) < 4.78 is 0. The van der Waals surface area contributed by atoms with Crippen molar-refractivity contribution in [1.82, 2.24) is 0 Å². The largest absolute Gasteiger partial charge is 0.481 e. The average molecular weight is 489 g/mol. The molecule has 0 bridgehead atoms. The van der Waals surface area contributed by atoms with Crippen LogP contribution in [0.3, 0.4) is 0 Å². The smallest absolute Gasteiger partial charge is 0.310 e. The lowest BCUT2D eigenvalue weighted by atomic mass is 9.32. The van der Waals surface area contributed by atoms with E-state index in [4.69, 9.17) is 0 Å². The molecule has 0 radical (unpaired) electrons. The van der Waals surface area contributed by atoms with Gasteiger partial charge in [-0.15, -0.1) is 0 Å². The van der Waals surface area contributed by atoms with E-state index in [0.717, 1.165) is 32.1 Å². The number of carboxylic acid groups (broad SMARTS) is 1. The number of aliphatic hydroxyl groups is 3. The number of carboxylic acids is 1. The molecule has 5 nitrogen and oxygen atoms in total. The topological polar surface area (TPSA) is 98.0 Å². The molecule has 198 valence electrons. The third-order valence-electron chi connectivity index (χ3n) is 13.7. The number of hydrogen-bond donors (Lipinski definition) is 4. The molecule has 5 heteroatoms. The molecule has 0 amide bonds. The minimum atomic E-state index is -1.07. The van der Waals surface area contributed by atoms with Crippen molar-refractivity contribution in [3.63, 3.8) is 0 Å². The van der Waals surface area contributed by atoms with Crippen LogP contribution in [0.25, 0.3) is 0 Å². The highest BCUT2D eigenvalue weighted by Crippen LogP contribution is 2.76. The Bertz CT molecular complexity index is 956. The van der Waals surface area contributed by atoms with Crippen LogP contribution in [0, 0.1) is 50.7 Å². The minimum Gasteiger partial charge on any atom is -0.481 e. The number of aliphatic hydroxyl groups excluding tert-OH is 2. The summed E-state index contributed by atoms with van der Waals surface area (Å²) >= 11 is 0. The maximum absolute atomic E-state index is 12.8. The molecule has 0 aromatic heterocycles. The molecule has 5 aliphatic rings. The van der Waals surface area contributed by atoms with Crippen LogP contribution in [0.5, 0.6) is 0 Å². The second kappa shape index (κ2) is 7.35. The molecule has 35 heavy (non-hydrogen) atoms. The summed E-state index contributed by atoms with van der Waals surface area (Å²) in [5.74, 6) is 0.424. The highest BCUT2D eigenvalue weighted by atomic mass is 16.4. The van der Waals surface area contributed by atoms with Crippen LogP contribution in [-0.4, -0.2) is 44.2 Å². The van der Waals surface area contributed by atoms with Gasteiger partial charge in [0.05, 0.1) is 23.2 Å². The summed E-state index contributed by atoms with van der Waals surface area (Å²) in [5, 5.41) is 44.7. The monoisotopic (exact) mass is 488 g/mol. The van der Waals surface area contributed by atoms with Crippen LogP contribution in [0.15, 0.2) is 11.6 Å². The molecule has 0 spiro atoms. The Morgan fingerprint density at radius 1 is 0.943 bits per heavy atom. The molecule has 0 aliphatic heterocycles. The predicted octanol–water partition coefficient (Wildman–Crippen LogP) is 5.18. The lowest BCUT2D eigenvalue weighted by Gasteiger charge is -2.73. The summed E-state index contributed by atoms with van der Waals surface area (Å²) in [4.78, 5) is 12.8. The van der Waals surface area contributed by atoms with E-state index < -0.39 is 40.0 Å². The van der Waals surface area contributed by atoms with Crippen LogP contribution in [0.1, 0.15) is 99.8 Å². The fraction of sp³-hybridized carbons (Fsp3) is 0.900. The first-order valence-electron chi connectivity index (χ1n) is 14.1. The maximum atomic E-state index is 12.8. The number of fused-ring (bicyclic) bond motifs is 7. The highest BCUT2D eigenvalue weighted by Gasteiger charge is 2.74. The molecule has 5 rings (SSSR count). The van der Waals surface area contributed by atoms with Crippen molar-refractivity contribution in [2.45, 2.75) is 118 Å². The maximum Gasteiger partial charge on any atom is 0.310 e. The van der Waals surface area contributed by atoms with Crippen molar-refractivity contribution in [2.75, 3.05) is 0 Å². The first-order valence-corrected chi connectivity index (χ1v) is 14.1. The van der Waals surface area contributed by atoms with Crippen molar-refractivity contribution >= 4 is 5.97 Å². The Balaban J connectivity index is 1.65. The van der Waals surface area contributed by atoms with Gasteiger partial charge in [-0.25, -0.2) is 0 Å². The summed E-state index contributed by atoms with van der Waals surface area (Å²) in [6.45, 7) is 15.3. The van der Waals surface area contributed by atoms with Gasteiger partial charge >= 0.3 is 5.97 Å². The second-order valence-corrected chi connectivity index (χ2v) is 14.7. The Morgan fingerprint density at radius 3 is 2.23 bits per heavy atom. The van der Waals surface area contributed by atoms with Crippen LogP contribution in [0.2, 0.25) is 0 Å². The van der Waals surface area contributed by atoms with Crippen LogP contribution in [-0.2, 0) is 4.79 Å². The molecule has 0 aromatic carbocycles. The number of carbonyl (C=O) groups is 1. The summed E-state index contributed by atoms with van der Waals surface area (Å²) in [6, 6.07) is 0. The van der Waals surface area contributed by atoms with Gasteiger partial charge in [0.1, 0.15) is 0 Å². The van der Waals surface area contributed by atoms with E-state index in [2.05, 4.69) is 40.7 Å². The van der Waals surface area contributed by atoms with Gasteiger partial charge in [0.2, 0.25) is 0 Å². The first-order chi connectivity index (χ1) is 16.0. The normalized spacial score (nSPS) is 57.1. The second-order valence-electron chi connectivity index (χ2n) is 14.7. The van der Waals surface area contributed by atoms with Crippen molar-refractivity contribution in [2.24, 2.45) is 50.7 Å². The third-order valence-corrected chi connectivity index (χ3v) is 13.7. The lowest BCUT2D eigenvalue weighted by molar-refractivity contribution is -0.310. The first kappa shape index (κ1) is 25.7. The molecular weight excluding hydrogens is 440 g/mol. The van der Waals surface area contributed by atoms with Crippen molar-refractivity contribution in [1.29, 1.82) is 0 Å². The number of aliphatic carboxylic acids is 1. The van der Waals surface area contributed by atoms with Gasteiger partial charge in [-0.2, -0.15) is 0 Å². The Kier molecular flexibility index (Phi) is 5.40. The van der Waals surface area contributed by atoms with Crippen molar-refractivity contribution in [3.05, 3.63) is 11.6 Å². The Labute approximate surface area is 211 Å². The van der Waals surface area contributed by atoms with Gasteiger partial charge in [-0.1, -0.05) is 60.1 Å². The van der Waals surface area contributed by atoms with E-state index in [0.29, 0.717) is 31.1 Å². The van der Waals surface area contributed by atoms with Gasteiger partial charge in [-0.3, -0.25) is 4.79 Å². The van der Waals surface area contributed by atoms with Gasteiger partial charge in [0.15, 0.2) is 0 Å². The Hall–Kier alpha value is -0.910. The van der Waals surface area contributed by atoms with Crippen molar-refractivity contribution < 1.29 is 25.2 Å². The molecule has 4 fully saturated rings. The summed E-state index contributed by atoms with van der Waals surface area (Å²) in [5.41, 5.74) is -1.97. The summed E-state index contributed by atoms with van der Waals surface area (Å²) in [7, 11) is 0. The van der Waals surface area contributed by atoms with Gasteiger partial charge in [-0.05, 0) is 85.9 Å². The molecule has 11 atom stereocenters. The van der Waals surface area contributed by atoms with Crippen LogP contribution >= 0.6 is 0 Å². The SMILES string of the molecule is C[C@H]1[C@H](C)CC[C@]2(C(=O)O)CC[C@]3(C)C(=CC[C@@H]4[C@@]5(C)C[C@@H](O)[C@H](O)C(C)(C)[C@]5(O)CC[C@]43C)[C@H]12. The lowest BCUT2D eigenvalue weighted by Crippen LogP contribution is -2.75. The van der Waals surface area contributed by atoms with Crippen molar-refractivity contribution in [3.8, 4) is 0 Å². The molecule has 0 aromatic rings. The quantitative estimate of drug-likeness (QED) is 0.382. The number of allylic oxidation sites excluding steroid dienone is 2. The molecule has 0 saturated heterocycles. The predicted molar refractivity (Wildman–Crippen MR) is 135 cm³/mol. The number of rotatable bonds is 1. The zero-order valence-electron chi connectivity index (χ0n) is 22.9. The molecule has 0 unspecified atom stereocenters. The molecule has 4 saturated carbocycles. The van der Waals surface area contributed by atoms with E-state index in [1.807, 2.05) is 13.8 Å². The fourth-order valence-corrected chi connectivity index (χ4v) is 10.8. The number of hydrogen-bond acceptors (Lipinski definition) is 4. The van der Waals surface area contributed by atoms with E-state index in [-0.39, 0.29) is 22.7 Å². The summed E-state index contributed by atoms with van der Waals surface area (Å²) in [6.07, 6.45) is 6.52. The standard InChI is InChI=1S/C30H48O5/c1-17-10-11-29(24(33)34)14-12-26(5)19(22(29)18(17)2)8-9-21-27(26,6)13-15-30(35)25(3,4)23(32)20(31)16-28(21,30)7/h8,17-18,20-23,31-32,35H,9-16H2,1-7H3,(H,33,34)/t17-,18+,20-,21+,22+,23+,26-,27-,28-,29+,30-/m1/s1. The van der Waals surface area contributed by atoms with E-state index in [1.54, 1.807) is 0 Å². The zero-order valence-corrected chi connectivity index (χ0v) is 22.9. The van der Waals surface area contributed by atoms with E-state index in [9.17, 15) is 25.2 Å². The minimum absolute atomic E-state index is 0.0594. The van der Waals surface area contributed by atoms with Gasteiger partial charge in [0, 0.05) is 10.8 Å². The van der Waals surface area contributed by atoms with E-state index >= 15 is 0 Å². The zero-order chi connectivity index (χ0) is 26.0.